The first-order valence-electron chi connectivity index (χ1n) is 13.0. The number of fused-ring (bicyclic) bond motifs is 1. The lowest BCUT2D eigenvalue weighted by Crippen LogP contribution is -2.51. The number of hydrogen-bond acceptors (Lipinski definition) is 4. The van der Waals surface area contributed by atoms with Gasteiger partial charge in [-0.3, -0.25) is 0 Å². The summed E-state index contributed by atoms with van der Waals surface area (Å²) in [5.41, 5.74) is 6.70. The molecule has 3 aromatic carbocycles. The zero-order valence-corrected chi connectivity index (χ0v) is 22.9. The smallest absolute Gasteiger partial charge is 0.132 e. The molecule has 4 heteroatoms. The molecule has 0 spiro atoms. The average molecular weight is 488 g/mol. The van der Waals surface area contributed by atoms with Crippen LogP contribution in [0.15, 0.2) is 66.7 Å². The molecule has 192 valence electrons. The van der Waals surface area contributed by atoms with E-state index in [-0.39, 0.29) is 17.6 Å². The Labute approximate surface area is 217 Å². The second-order valence-electron chi connectivity index (χ2n) is 11.3. The number of ether oxygens (including phenoxy) is 3. The van der Waals surface area contributed by atoms with Crippen LogP contribution in [0.1, 0.15) is 75.5 Å². The second-order valence-corrected chi connectivity index (χ2v) is 11.3. The molecule has 0 saturated heterocycles. The van der Waals surface area contributed by atoms with Crippen LogP contribution < -0.4 is 10.1 Å². The van der Waals surface area contributed by atoms with Crippen molar-refractivity contribution in [3.63, 3.8) is 0 Å². The molecule has 1 aliphatic heterocycles. The van der Waals surface area contributed by atoms with Gasteiger partial charge in [0.2, 0.25) is 0 Å². The van der Waals surface area contributed by atoms with Crippen molar-refractivity contribution in [2.24, 2.45) is 0 Å². The second kappa shape index (κ2) is 10.7. The van der Waals surface area contributed by atoms with Gasteiger partial charge in [0.15, 0.2) is 0 Å². The van der Waals surface area contributed by atoms with E-state index in [1.54, 1.807) is 0 Å². The molecule has 0 radical (unpaired) electrons. The van der Waals surface area contributed by atoms with Gasteiger partial charge in [-0.25, -0.2) is 0 Å². The standard InChI is InChI=1S/C32H41NO3/c1-8-34-29-27-19-26(33-20-24-12-10-9-11-22(24)2)17-18-28(27)36-32(6,7)30(29)35-21-23-13-15-25(16-14-23)31(3,4)5/h9-19,29-30,33H,8,20-21H2,1-7H3. The van der Waals surface area contributed by atoms with Crippen LogP contribution in [-0.2, 0) is 28.0 Å². The third-order valence-corrected chi connectivity index (χ3v) is 6.99. The molecule has 1 heterocycles. The molecule has 0 fully saturated rings. The van der Waals surface area contributed by atoms with Crippen molar-refractivity contribution < 1.29 is 14.2 Å². The predicted molar refractivity (Wildman–Crippen MR) is 148 cm³/mol. The molecule has 4 rings (SSSR count). The van der Waals surface area contributed by atoms with Crippen LogP contribution in [0.5, 0.6) is 5.75 Å². The Bertz CT molecular complexity index is 1160. The largest absolute Gasteiger partial charge is 0.485 e. The van der Waals surface area contributed by atoms with Gasteiger partial charge in [0.25, 0.3) is 0 Å². The van der Waals surface area contributed by atoms with Crippen molar-refractivity contribution in [3.05, 3.63) is 94.5 Å². The van der Waals surface area contributed by atoms with E-state index in [9.17, 15) is 0 Å². The molecule has 0 aromatic heterocycles. The molecular formula is C32H41NO3. The quantitative estimate of drug-likeness (QED) is 0.353. The Balaban J connectivity index is 1.54. The molecule has 2 atom stereocenters. The summed E-state index contributed by atoms with van der Waals surface area (Å²) in [5, 5.41) is 3.57. The van der Waals surface area contributed by atoms with Gasteiger partial charge >= 0.3 is 0 Å². The highest BCUT2D eigenvalue weighted by Gasteiger charge is 2.45. The maximum Gasteiger partial charge on any atom is 0.132 e. The van der Waals surface area contributed by atoms with Crippen molar-refractivity contribution in [3.8, 4) is 5.75 Å². The monoisotopic (exact) mass is 487 g/mol. The molecule has 0 saturated carbocycles. The van der Waals surface area contributed by atoms with Crippen LogP contribution in [0, 0.1) is 6.92 Å². The van der Waals surface area contributed by atoms with E-state index in [2.05, 4.69) is 108 Å². The van der Waals surface area contributed by atoms with E-state index in [0.717, 1.165) is 29.1 Å². The topological polar surface area (TPSA) is 39.7 Å². The van der Waals surface area contributed by atoms with E-state index < -0.39 is 5.60 Å². The first-order valence-corrected chi connectivity index (χ1v) is 13.0. The van der Waals surface area contributed by atoms with Crippen LogP contribution in [-0.4, -0.2) is 18.3 Å². The van der Waals surface area contributed by atoms with Crippen LogP contribution >= 0.6 is 0 Å². The van der Waals surface area contributed by atoms with Crippen molar-refractivity contribution in [1.82, 2.24) is 0 Å². The minimum Gasteiger partial charge on any atom is -0.485 e. The minimum atomic E-state index is -0.533. The summed E-state index contributed by atoms with van der Waals surface area (Å²) in [5.74, 6) is 0.856. The van der Waals surface area contributed by atoms with Gasteiger partial charge in [-0.05, 0) is 73.6 Å². The maximum absolute atomic E-state index is 6.55. The Morgan fingerprint density at radius 2 is 1.67 bits per heavy atom. The van der Waals surface area contributed by atoms with Gasteiger partial charge in [-0.2, -0.15) is 0 Å². The van der Waals surface area contributed by atoms with E-state index in [1.165, 1.54) is 16.7 Å². The summed E-state index contributed by atoms with van der Waals surface area (Å²) in [7, 11) is 0. The Morgan fingerprint density at radius 1 is 0.944 bits per heavy atom. The molecule has 1 aliphatic rings. The first-order chi connectivity index (χ1) is 17.1. The van der Waals surface area contributed by atoms with Gasteiger partial charge in [0, 0.05) is 24.4 Å². The maximum atomic E-state index is 6.55. The van der Waals surface area contributed by atoms with Gasteiger partial charge in [0.1, 0.15) is 23.6 Å². The third-order valence-electron chi connectivity index (χ3n) is 6.99. The average Bonchev–Trinajstić information content (AvgIpc) is 2.83. The summed E-state index contributed by atoms with van der Waals surface area (Å²) >= 11 is 0. The number of aryl methyl sites for hydroxylation is 1. The summed E-state index contributed by atoms with van der Waals surface area (Å²) in [6.07, 6.45) is -0.471. The molecule has 4 nitrogen and oxygen atoms in total. The molecule has 1 N–H and O–H groups in total. The fourth-order valence-corrected chi connectivity index (χ4v) is 4.78. The minimum absolute atomic E-state index is 0.132. The van der Waals surface area contributed by atoms with Gasteiger partial charge < -0.3 is 19.5 Å². The number of hydrogen-bond donors (Lipinski definition) is 1. The molecule has 0 aliphatic carbocycles. The number of rotatable bonds is 8. The lowest BCUT2D eigenvalue weighted by molar-refractivity contribution is -0.165. The highest BCUT2D eigenvalue weighted by atomic mass is 16.6. The summed E-state index contributed by atoms with van der Waals surface area (Å²) in [6, 6.07) is 23.4. The summed E-state index contributed by atoms with van der Waals surface area (Å²) in [4.78, 5) is 0. The highest BCUT2D eigenvalue weighted by molar-refractivity contribution is 5.54. The SMILES string of the molecule is CCOC1c2cc(NCc3ccccc3C)ccc2OC(C)(C)C1OCc1ccc(C(C)(C)C)cc1. The zero-order valence-electron chi connectivity index (χ0n) is 22.9. The molecule has 0 amide bonds. The van der Waals surface area contributed by atoms with Gasteiger partial charge in [-0.1, -0.05) is 69.3 Å². The van der Waals surface area contributed by atoms with Gasteiger partial charge in [-0.15, -0.1) is 0 Å². The molecular weight excluding hydrogens is 446 g/mol. The summed E-state index contributed by atoms with van der Waals surface area (Å²) in [6.45, 7) is 16.9. The van der Waals surface area contributed by atoms with E-state index in [0.29, 0.717) is 13.2 Å². The zero-order chi connectivity index (χ0) is 25.9. The van der Waals surface area contributed by atoms with Crippen LogP contribution in [0.2, 0.25) is 0 Å². The normalized spacial score (nSPS) is 18.9. The van der Waals surface area contributed by atoms with Crippen LogP contribution in [0.4, 0.5) is 5.69 Å². The Morgan fingerprint density at radius 3 is 2.33 bits per heavy atom. The van der Waals surface area contributed by atoms with E-state index >= 15 is 0 Å². The fourth-order valence-electron chi connectivity index (χ4n) is 4.78. The highest BCUT2D eigenvalue weighted by Crippen LogP contribution is 2.44. The van der Waals surface area contributed by atoms with Crippen molar-refractivity contribution in [2.45, 2.75) is 84.8 Å². The van der Waals surface area contributed by atoms with Crippen molar-refractivity contribution in [1.29, 1.82) is 0 Å². The van der Waals surface area contributed by atoms with Crippen molar-refractivity contribution in [2.75, 3.05) is 11.9 Å². The predicted octanol–water partition coefficient (Wildman–Crippen LogP) is 7.74. The lowest BCUT2D eigenvalue weighted by atomic mass is 9.86. The third kappa shape index (κ3) is 5.93. The number of nitrogens with one attached hydrogen (secondary N) is 1. The number of benzene rings is 3. The van der Waals surface area contributed by atoms with Crippen LogP contribution in [0.3, 0.4) is 0 Å². The lowest BCUT2D eigenvalue weighted by Gasteiger charge is -2.44. The molecule has 3 aromatic rings. The summed E-state index contributed by atoms with van der Waals surface area (Å²) < 4.78 is 19.3. The van der Waals surface area contributed by atoms with Gasteiger partial charge in [0.05, 0.1) is 6.61 Å². The van der Waals surface area contributed by atoms with E-state index in [4.69, 9.17) is 14.2 Å². The molecule has 2 unspecified atom stereocenters. The molecule has 36 heavy (non-hydrogen) atoms. The fraction of sp³-hybridized carbons (Fsp3) is 0.438. The van der Waals surface area contributed by atoms with Crippen LogP contribution in [0.25, 0.3) is 0 Å². The van der Waals surface area contributed by atoms with E-state index in [1.807, 2.05) is 13.0 Å². The Kier molecular flexibility index (Phi) is 7.77. The van der Waals surface area contributed by atoms with Crippen molar-refractivity contribution >= 4 is 5.69 Å². The molecule has 0 bridgehead atoms. The Hall–Kier alpha value is -2.82. The number of anilines is 1. The first kappa shape index (κ1) is 26.2.